The molecule has 9 heteroatoms. The molecule has 1 aliphatic carbocycles. The highest BCUT2D eigenvalue weighted by molar-refractivity contribution is 7.19. The number of hydrogen-bond donors (Lipinski definition) is 2. The minimum Gasteiger partial charge on any atom is -0.495 e. The summed E-state index contributed by atoms with van der Waals surface area (Å²) < 4.78 is 5.22. The highest BCUT2D eigenvalue weighted by Gasteiger charge is 2.21. The standard InChI is InChI=1S/C17H22ClN5O2S/c1-23(12-6-4-3-5-7-12)17-22-21-16(26-17)20-15(24)19-13-10-11(18)8-9-14(13)25-2/h8-10,12H,3-7H2,1-2H3,(H2,19,20,21,24). The summed E-state index contributed by atoms with van der Waals surface area (Å²) in [7, 11) is 3.57. The van der Waals surface area contributed by atoms with Crippen LogP contribution < -0.4 is 20.3 Å². The van der Waals surface area contributed by atoms with Crippen molar-refractivity contribution in [2.45, 2.75) is 38.1 Å². The molecule has 26 heavy (non-hydrogen) atoms. The number of amides is 2. The van der Waals surface area contributed by atoms with Crippen molar-refractivity contribution in [2.75, 3.05) is 29.7 Å². The van der Waals surface area contributed by atoms with Gasteiger partial charge in [0.05, 0.1) is 12.8 Å². The number of nitrogens with zero attached hydrogens (tertiary/aromatic N) is 3. The van der Waals surface area contributed by atoms with Gasteiger partial charge >= 0.3 is 6.03 Å². The van der Waals surface area contributed by atoms with E-state index in [-0.39, 0.29) is 0 Å². The third-order valence-corrected chi connectivity index (χ3v) is 5.63. The molecular formula is C17H22ClN5O2S. The summed E-state index contributed by atoms with van der Waals surface area (Å²) in [5, 5.41) is 15.5. The monoisotopic (exact) mass is 395 g/mol. The summed E-state index contributed by atoms with van der Waals surface area (Å²) in [6.45, 7) is 0. The molecule has 1 aromatic carbocycles. The second kappa shape index (κ2) is 8.55. The van der Waals surface area contributed by atoms with Gasteiger partial charge in [0.2, 0.25) is 10.3 Å². The van der Waals surface area contributed by atoms with Crippen LogP contribution in [0.4, 0.5) is 20.7 Å². The fourth-order valence-electron chi connectivity index (χ4n) is 3.06. The van der Waals surface area contributed by atoms with Crippen molar-refractivity contribution in [3.8, 4) is 5.75 Å². The Morgan fingerprint density at radius 3 is 2.77 bits per heavy atom. The fraction of sp³-hybridized carbons (Fsp3) is 0.471. The SMILES string of the molecule is COc1ccc(Cl)cc1NC(=O)Nc1nnc(N(C)C2CCCCC2)s1. The largest absolute Gasteiger partial charge is 0.495 e. The maximum absolute atomic E-state index is 12.2. The van der Waals surface area contributed by atoms with Gasteiger partial charge in [0, 0.05) is 18.1 Å². The smallest absolute Gasteiger partial charge is 0.325 e. The average Bonchev–Trinajstić information content (AvgIpc) is 3.10. The molecule has 0 unspecified atom stereocenters. The fourth-order valence-corrected chi connectivity index (χ4v) is 4.01. The number of carbonyl (C=O) groups excluding carboxylic acids is 1. The molecule has 0 bridgehead atoms. The minimum atomic E-state index is -0.423. The first-order valence-corrected chi connectivity index (χ1v) is 9.74. The van der Waals surface area contributed by atoms with Crippen molar-refractivity contribution >= 4 is 44.9 Å². The predicted octanol–water partition coefficient (Wildman–Crippen LogP) is 4.61. The molecule has 2 aromatic rings. The van der Waals surface area contributed by atoms with Gasteiger partial charge in [-0.2, -0.15) is 0 Å². The Hall–Kier alpha value is -2.06. The van der Waals surface area contributed by atoms with Crippen LogP contribution in [0.5, 0.6) is 5.75 Å². The van der Waals surface area contributed by atoms with Crippen LogP contribution in [0, 0.1) is 0 Å². The Kier molecular flexibility index (Phi) is 6.16. The highest BCUT2D eigenvalue weighted by atomic mass is 35.5. The molecule has 0 atom stereocenters. The summed E-state index contributed by atoms with van der Waals surface area (Å²) in [4.78, 5) is 14.4. The molecule has 1 fully saturated rings. The highest BCUT2D eigenvalue weighted by Crippen LogP contribution is 2.31. The molecule has 3 rings (SSSR count). The van der Waals surface area contributed by atoms with Crippen LogP contribution in [0.3, 0.4) is 0 Å². The van der Waals surface area contributed by atoms with Crippen LogP contribution in [0.2, 0.25) is 5.02 Å². The molecule has 0 saturated heterocycles. The first kappa shape index (κ1) is 18.7. The van der Waals surface area contributed by atoms with E-state index in [0.29, 0.717) is 27.6 Å². The number of hydrogen-bond acceptors (Lipinski definition) is 6. The van der Waals surface area contributed by atoms with Crippen LogP contribution >= 0.6 is 22.9 Å². The second-order valence-electron chi connectivity index (χ2n) is 6.22. The molecule has 140 valence electrons. The summed E-state index contributed by atoms with van der Waals surface area (Å²) in [6.07, 6.45) is 6.16. The van der Waals surface area contributed by atoms with E-state index < -0.39 is 6.03 Å². The van der Waals surface area contributed by atoms with Crippen molar-refractivity contribution < 1.29 is 9.53 Å². The molecule has 2 amide bonds. The Morgan fingerprint density at radius 1 is 1.27 bits per heavy atom. The van der Waals surface area contributed by atoms with Crippen LogP contribution in [0.1, 0.15) is 32.1 Å². The average molecular weight is 396 g/mol. The van der Waals surface area contributed by atoms with Crippen LogP contribution in [0.15, 0.2) is 18.2 Å². The normalized spacial score (nSPS) is 14.7. The van der Waals surface area contributed by atoms with Gasteiger partial charge in [-0.05, 0) is 31.0 Å². The van der Waals surface area contributed by atoms with E-state index in [1.54, 1.807) is 18.2 Å². The van der Waals surface area contributed by atoms with E-state index in [1.165, 1.54) is 50.6 Å². The molecule has 7 nitrogen and oxygen atoms in total. The van der Waals surface area contributed by atoms with E-state index >= 15 is 0 Å². The van der Waals surface area contributed by atoms with Crippen molar-refractivity contribution in [1.29, 1.82) is 0 Å². The van der Waals surface area contributed by atoms with E-state index in [4.69, 9.17) is 16.3 Å². The number of carbonyl (C=O) groups is 1. The first-order valence-electron chi connectivity index (χ1n) is 8.54. The molecule has 1 aliphatic rings. The third-order valence-electron chi connectivity index (χ3n) is 4.47. The summed E-state index contributed by atoms with van der Waals surface area (Å²) in [5.74, 6) is 0.527. The molecule has 1 aromatic heterocycles. The van der Waals surface area contributed by atoms with Gasteiger partial charge in [-0.15, -0.1) is 10.2 Å². The van der Waals surface area contributed by atoms with Gasteiger partial charge in [0.25, 0.3) is 0 Å². The molecule has 1 saturated carbocycles. The van der Waals surface area contributed by atoms with Gasteiger partial charge in [0.1, 0.15) is 5.75 Å². The van der Waals surface area contributed by atoms with Crippen LogP contribution in [-0.4, -0.2) is 36.4 Å². The van der Waals surface area contributed by atoms with Crippen molar-refractivity contribution in [3.05, 3.63) is 23.2 Å². The Morgan fingerprint density at radius 2 is 2.04 bits per heavy atom. The van der Waals surface area contributed by atoms with Gasteiger partial charge in [-0.1, -0.05) is 42.2 Å². The number of nitrogens with one attached hydrogen (secondary N) is 2. The third kappa shape index (κ3) is 4.56. The zero-order chi connectivity index (χ0) is 18.5. The number of anilines is 3. The predicted molar refractivity (Wildman–Crippen MR) is 106 cm³/mol. The Bertz CT molecular complexity index is 763. The zero-order valence-corrected chi connectivity index (χ0v) is 16.4. The number of urea groups is 1. The van der Waals surface area contributed by atoms with Crippen molar-refractivity contribution in [1.82, 2.24) is 10.2 Å². The lowest BCUT2D eigenvalue weighted by molar-refractivity contribution is 0.262. The number of ether oxygens (including phenoxy) is 1. The van der Waals surface area contributed by atoms with Crippen LogP contribution in [-0.2, 0) is 0 Å². The first-order chi connectivity index (χ1) is 12.6. The van der Waals surface area contributed by atoms with E-state index in [9.17, 15) is 4.79 Å². The second-order valence-corrected chi connectivity index (χ2v) is 7.61. The molecule has 0 spiro atoms. The van der Waals surface area contributed by atoms with E-state index in [1.807, 2.05) is 7.05 Å². The Labute approximate surface area is 161 Å². The lowest BCUT2D eigenvalue weighted by atomic mass is 9.95. The lowest BCUT2D eigenvalue weighted by Crippen LogP contribution is -2.33. The summed E-state index contributed by atoms with van der Waals surface area (Å²) >= 11 is 7.34. The minimum absolute atomic E-state index is 0.423. The number of methoxy groups -OCH3 is 1. The van der Waals surface area contributed by atoms with Gasteiger partial charge in [-0.3, -0.25) is 5.32 Å². The molecular weight excluding hydrogens is 374 g/mol. The number of rotatable bonds is 5. The molecule has 1 heterocycles. The quantitative estimate of drug-likeness (QED) is 0.772. The van der Waals surface area contributed by atoms with Gasteiger partial charge < -0.3 is 15.0 Å². The number of aromatic nitrogens is 2. The van der Waals surface area contributed by atoms with E-state index in [2.05, 4.69) is 25.7 Å². The topological polar surface area (TPSA) is 79.4 Å². The zero-order valence-electron chi connectivity index (χ0n) is 14.8. The van der Waals surface area contributed by atoms with Gasteiger partial charge in [0.15, 0.2) is 0 Å². The number of benzene rings is 1. The lowest BCUT2D eigenvalue weighted by Gasteiger charge is -2.30. The molecule has 2 N–H and O–H groups in total. The van der Waals surface area contributed by atoms with E-state index in [0.717, 1.165) is 5.13 Å². The molecule has 0 radical (unpaired) electrons. The van der Waals surface area contributed by atoms with Crippen molar-refractivity contribution in [2.24, 2.45) is 0 Å². The maximum atomic E-state index is 12.2. The Balaban J connectivity index is 1.62. The molecule has 0 aliphatic heterocycles. The van der Waals surface area contributed by atoms with Crippen molar-refractivity contribution in [3.63, 3.8) is 0 Å². The van der Waals surface area contributed by atoms with Gasteiger partial charge in [-0.25, -0.2) is 4.79 Å². The maximum Gasteiger partial charge on any atom is 0.325 e. The summed E-state index contributed by atoms with van der Waals surface area (Å²) in [5.41, 5.74) is 0.488. The summed E-state index contributed by atoms with van der Waals surface area (Å²) in [6, 6.07) is 5.09. The van der Waals surface area contributed by atoms with Crippen LogP contribution in [0.25, 0.3) is 0 Å². The number of halogens is 1.